The molecule has 7 nitrogen and oxygen atoms in total. The standard InChI is InChI=1S/C20H24N2O5S/c1-22(2)28(24,25)19-11-7-16(8-12-19)21-20(23)15-5-9-17(10-6-15)27-14-18-4-3-13-26-18/h5-12,18H,3-4,13-14H2,1-2H3,(H,21,23)/t18-/m0/s1. The van der Waals surface area contributed by atoms with E-state index in [0.29, 0.717) is 23.6 Å². The zero-order valence-corrected chi connectivity index (χ0v) is 16.7. The van der Waals surface area contributed by atoms with Gasteiger partial charge in [-0.25, -0.2) is 12.7 Å². The highest BCUT2D eigenvalue weighted by atomic mass is 32.2. The van der Waals surface area contributed by atoms with Crippen molar-refractivity contribution in [3.63, 3.8) is 0 Å². The maximum atomic E-state index is 12.4. The second kappa shape index (κ2) is 8.72. The molecule has 150 valence electrons. The van der Waals surface area contributed by atoms with E-state index in [0.717, 1.165) is 23.8 Å². The number of nitrogens with one attached hydrogen (secondary N) is 1. The van der Waals surface area contributed by atoms with Crippen LogP contribution in [0.15, 0.2) is 53.4 Å². The van der Waals surface area contributed by atoms with Crippen LogP contribution in [-0.2, 0) is 14.8 Å². The molecule has 1 fully saturated rings. The van der Waals surface area contributed by atoms with E-state index in [-0.39, 0.29) is 16.9 Å². The summed E-state index contributed by atoms with van der Waals surface area (Å²) in [7, 11) is -0.550. The average Bonchev–Trinajstić information content (AvgIpc) is 3.20. The lowest BCUT2D eigenvalue weighted by atomic mass is 10.2. The van der Waals surface area contributed by atoms with E-state index < -0.39 is 10.0 Å². The van der Waals surface area contributed by atoms with E-state index in [2.05, 4.69) is 5.32 Å². The van der Waals surface area contributed by atoms with Crippen molar-refractivity contribution in [1.29, 1.82) is 0 Å². The number of ether oxygens (including phenoxy) is 2. The fraction of sp³-hybridized carbons (Fsp3) is 0.350. The van der Waals surface area contributed by atoms with Crippen LogP contribution in [0.4, 0.5) is 5.69 Å². The van der Waals surface area contributed by atoms with Crippen molar-refractivity contribution in [3.8, 4) is 5.75 Å². The summed E-state index contributed by atoms with van der Waals surface area (Å²) in [5, 5.41) is 2.75. The van der Waals surface area contributed by atoms with Crippen molar-refractivity contribution in [2.45, 2.75) is 23.8 Å². The molecule has 0 saturated carbocycles. The van der Waals surface area contributed by atoms with Gasteiger partial charge in [-0.1, -0.05) is 0 Å². The van der Waals surface area contributed by atoms with Gasteiger partial charge in [0.05, 0.1) is 11.0 Å². The maximum Gasteiger partial charge on any atom is 0.255 e. The number of carbonyl (C=O) groups excluding carboxylic acids is 1. The van der Waals surface area contributed by atoms with Crippen LogP contribution in [0.3, 0.4) is 0 Å². The van der Waals surface area contributed by atoms with Gasteiger partial charge in [0.1, 0.15) is 12.4 Å². The molecule has 28 heavy (non-hydrogen) atoms. The van der Waals surface area contributed by atoms with Crippen molar-refractivity contribution >= 4 is 21.6 Å². The molecule has 1 aliphatic heterocycles. The molecular weight excluding hydrogens is 380 g/mol. The molecule has 0 spiro atoms. The van der Waals surface area contributed by atoms with E-state index >= 15 is 0 Å². The third-order valence-corrected chi connectivity index (χ3v) is 6.30. The Morgan fingerprint density at radius 2 is 1.82 bits per heavy atom. The molecule has 1 heterocycles. The Hall–Kier alpha value is -2.42. The van der Waals surface area contributed by atoms with Gasteiger partial charge in [-0.15, -0.1) is 0 Å². The third-order valence-electron chi connectivity index (χ3n) is 4.47. The first-order valence-corrected chi connectivity index (χ1v) is 10.5. The number of sulfonamides is 1. The lowest BCUT2D eigenvalue weighted by molar-refractivity contribution is 0.0679. The lowest BCUT2D eigenvalue weighted by Gasteiger charge is -2.12. The minimum Gasteiger partial charge on any atom is -0.491 e. The molecule has 0 unspecified atom stereocenters. The molecule has 1 atom stereocenters. The van der Waals surface area contributed by atoms with Gasteiger partial charge < -0.3 is 14.8 Å². The summed E-state index contributed by atoms with van der Waals surface area (Å²) in [6, 6.07) is 12.9. The highest BCUT2D eigenvalue weighted by Gasteiger charge is 2.17. The number of nitrogens with zero attached hydrogens (tertiary/aromatic N) is 1. The van der Waals surface area contributed by atoms with Crippen LogP contribution in [-0.4, -0.2) is 52.0 Å². The number of hydrogen-bond donors (Lipinski definition) is 1. The molecule has 2 aromatic carbocycles. The van der Waals surface area contributed by atoms with E-state index in [9.17, 15) is 13.2 Å². The van der Waals surface area contributed by atoms with Gasteiger partial charge >= 0.3 is 0 Å². The van der Waals surface area contributed by atoms with Crippen molar-refractivity contribution in [3.05, 3.63) is 54.1 Å². The Labute approximate surface area is 165 Å². The second-order valence-corrected chi connectivity index (χ2v) is 8.89. The van der Waals surface area contributed by atoms with Gasteiger partial charge in [-0.2, -0.15) is 0 Å². The number of hydrogen-bond acceptors (Lipinski definition) is 5. The molecule has 0 bridgehead atoms. The van der Waals surface area contributed by atoms with E-state index in [4.69, 9.17) is 9.47 Å². The van der Waals surface area contributed by atoms with Crippen LogP contribution in [0.5, 0.6) is 5.75 Å². The molecule has 2 aromatic rings. The monoisotopic (exact) mass is 404 g/mol. The number of carbonyl (C=O) groups is 1. The third kappa shape index (κ3) is 4.89. The molecule has 0 aromatic heterocycles. The normalized spacial score (nSPS) is 16.9. The van der Waals surface area contributed by atoms with Crippen LogP contribution in [0.25, 0.3) is 0 Å². The molecule has 1 N–H and O–H groups in total. The molecule has 1 saturated heterocycles. The molecule has 1 aliphatic rings. The largest absolute Gasteiger partial charge is 0.491 e. The fourth-order valence-corrected chi connectivity index (χ4v) is 3.69. The molecule has 1 amide bonds. The van der Waals surface area contributed by atoms with Gasteiger partial charge in [-0.3, -0.25) is 4.79 Å². The Bertz CT molecular complexity index is 903. The number of amides is 1. The summed E-state index contributed by atoms with van der Waals surface area (Å²) in [6.07, 6.45) is 2.21. The first-order valence-electron chi connectivity index (χ1n) is 9.04. The molecule has 8 heteroatoms. The predicted octanol–water partition coefficient (Wildman–Crippen LogP) is 2.75. The van der Waals surface area contributed by atoms with Gasteiger partial charge in [0.2, 0.25) is 10.0 Å². The van der Waals surface area contributed by atoms with Gasteiger partial charge in [0.25, 0.3) is 5.91 Å². The number of anilines is 1. The van der Waals surface area contributed by atoms with Gasteiger partial charge in [0.15, 0.2) is 0 Å². The summed E-state index contributed by atoms with van der Waals surface area (Å²) < 4.78 is 36.5. The van der Waals surface area contributed by atoms with Crippen molar-refractivity contribution < 1.29 is 22.7 Å². The average molecular weight is 404 g/mol. The molecule has 3 rings (SSSR count). The van der Waals surface area contributed by atoms with Crippen LogP contribution in [0.1, 0.15) is 23.2 Å². The fourth-order valence-electron chi connectivity index (χ4n) is 2.79. The number of benzene rings is 2. The summed E-state index contributed by atoms with van der Waals surface area (Å²) in [4.78, 5) is 12.6. The van der Waals surface area contributed by atoms with E-state index in [1.165, 1.54) is 26.2 Å². The topological polar surface area (TPSA) is 84.9 Å². The quantitative estimate of drug-likeness (QED) is 0.767. The van der Waals surface area contributed by atoms with Gasteiger partial charge in [0, 0.05) is 32.0 Å². The summed E-state index contributed by atoms with van der Waals surface area (Å²) in [5.41, 5.74) is 0.996. The Kier molecular flexibility index (Phi) is 6.33. The van der Waals surface area contributed by atoms with Gasteiger partial charge in [-0.05, 0) is 61.4 Å². The smallest absolute Gasteiger partial charge is 0.255 e. The van der Waals surface area contributed by atoms with E-state index in [1.807, 2.05) is 0 Å². The van der Waals surface area contributed by atoms with Crippen molar-refractivity contribution in [1.82, 2.24) is 4.31 Å². The second-order valence-electron chi connectivity index (χ2n) is 6.74. The molecular formula is C20H24N2O5S. The first-order chi connectivity index (χ1) is 13.4. The Balaban J connectivity index is 1.58. The van der Waals surface area contributed by atoms with Crippen LogP contribution >= 0.6 is 0 Å². The maximum absolute atomic E-state index is 12.4. The predicted molar refractivity (Wildman–Crippen MR) is 106 cm³/mol. The Morgan fingerprint density at radius 1 is 1.14 bits per heavy atom. The summed E-state index contributed by atoms with van der Waals surface area (Å²) >= 11 is 0. The summed E-state index contributed by atoms with van der Waals surface area (Å²) in [5.74, 6) is 0.402. The highest BCUT2D eigenvalue weighted by Crippen LogP contribution is 2.19. The molecule has 0 radical (unpaired) electrons. The van der Waals surface area contributed by atoms with E-state index in [1.54, 1.807) is 36.4 Å². The van der Waals surface area contributed by atoms with Crippen molar-refractivity contribution in [2.24, 2.45) is 0 Å². The highest BCUT2D eigenvalue weighted by molar-refractivity contribution is 7.89. The Morgan fingerprint density at radius 3 is 2.39 bits per heavy atom. The van der Waals surface area contributed by atoms with Crippen molar-refractivity contribution in [2.75, 3.05) is 32.6 Å². The van der Waals surface area contributed by atoms with Crippen LogP contribution in [0.2, 0.25) is 0 Å². The van der Waals surface area contributed by atoms with Crippen LogP contribution < -0.4 is 10.1 Å². The van der Waals surface area contributed by atoms with Crippen LogP contribution in [0, 0.1) is 0 Å². The minimum absolute atomic E-state index is 0.141. The zero-order valence-electron chi connectivity index (χ0n) is 15.9. The number of rotatable bonds is 7. The minimum atomic E-state index is -3.49. The summed E-state index contributed by atoms with van der Waals surface area (Å²) in [6.45, 7) is 1.29. The lowest BCUT2D eigenvalue weighted by Crippen LogP contribution is -2.22. The zero-order chi connectivity index (χ0) is 20.1. The first kappa shape index (κ1) is 20.3. The molecule has 0 aliphatic carbocycles. The SMILES string of the molecule is CN(C)S(=O)(=O)c1ccc(NC(=O)c2ccc(OC[C@@H]3CCCO3)cc2)cc1.